The summed E-state index contributed by atoms with van der Waals surface area (Å²) in [5.41, 5.74) is 2.59. The van der Waals surface area contributed by atoms with E-state index in [4.69, 9.17) is 11.6 Å². The molecule has 1 aromatic rings. The van der Waals surface area contributed by atoms with Crippen LogP contribution >= 0.6 is 11.6 Å². The smallest absolute Gasteiger partial charge is 0.221 e. The number of benzene rings is 1. The molecular formula is C11H12ClNO2. The molecule has 0 spiro atoms. The van der Waals surface area contributed by atoms with Crippen molar-refractivity contribution in [3.8, 4) is 0 Å². The number of aldehydes is 1. The van der Waals surface area contributed by atoms with Crippen LogP contribution in [0, 0.1) is 13.8 Å². The van der Waals surface area contributed by atoms with Crippen LogP contribution in [-0.2, 0) is 4.79 Å². The quantitative estimate of drug-likeness (QED) is 0.787. The molecule has 80 valence electrons. The summed E-state index contributed by atoms with van der Waals surface area (Å²) in [5, 5.41) is 3.11. The first-order valence-electron chi connectivity index (χ1n) is 4.49. The molecule has 0 radical (unpaired) electrons. The summed E-state index contributed by atoms with van der Waals surface area (Å²) in [6, 6.07) is 1.65. The summed E-state index contributed by atoms with van der Waals surface area (Å²) in [7, 11) is 0. The molecule has 0 fully saturated rings. The molecule has 1 N–H and O–H groups in total. The van der Waals surface area contributed by atoms with Crippen molar-refractivity contribution < 1.29 is 9.59 Å². The topological polar surface area (TPSA) is 46.2 Å². The second-order valence-electron chi connectivity index (χ2n) is 3.37. The fourth-order valence-electron chi connectivity index (χ4n) is 1.39. The molecule has 0 atom stereocenters. The van der Waals surface area contributed by atoms with Gasteiger partial charge in [-0.25, -0.2) is 0 Å². The van der Waals surface area contributed by atoms with Gasteiger partial charge in [0, 0.05) is 23.2 Å². The number of halogens is 1. The van der Waals surface area contributed by atoms with Crippen molar-refractivity contribution in [1.29, 1.82) is 0 Å². The highest BCUT2D eigenvalue weighted by molar-refractivity contribution is 6.32. The van der Waals surface area contributed by atoms with Crippen molar-refractivity contribution in [2.45, 2.75) is 20.8 Å². The molecule has 1 aromatic carbocycles. The summed E-state index contributed by atoms with van der Waals surface area (Å²) < 4.78 is 0. The molecule has 0 aromatic heterocycles. The number of carbonyl (C=O) groups is 2. The van der Waals surface area contributed by atoms with Crippen LogP contribution in [0.1, 0.15) is 28.4 Å². The molecule has 0 saturated heterocycles. The Hall–Kier alpha value is -1.35. The molecule has 3 nitrogen and oxygen atoms in total. The monoisotopic (exact) mass is 225 g/mol. The number of hydrogen-bond acceptors (Lipinski definition) is 2. The van der Waals surface area contributed by atoms with E-state index in [0.717, 1.165) is 17.4 Å². The first kappa shape index (κ1) is 11.7. The van der Waals surface area contributed by atoms with E-state index in [1.807, 2.05) is 0 Å². The molecule has 1 rings (SSSR count). The SMILES string of the molecule is CC(=O)Nc1cc(Cl)c(C)c(C=O)c1C. The molecule has 0 saturated carbocycles. The molecule has 15 heavy (non-hydrogen) atoms. The first-order valence-corrected chi connectivity index (χ1v) is 4.87. The number of anilines is 1. The van der Waals surface area contributed by atoms with Gasteiger partial charge in [0.25, 0.3) is 0 Å². The van der Waals surface area contributed by atoms with Gasteiger partial charge in [0.05, 0.1) is 0 Å². The zero-order valence-electron chi connectivity index (χ0n) is 8.85. The van der Waals surface area contributed by atoms with Crippen molar-refractivity contribution >= 4 is 29.5 Å². The van der Waals surface area contributed by atoms with Gasteiger partial charge in [0.2, 0.25) is 5.91 Å². The number of hydrogen-bond donors (Lipinski definition) is 1. The van der Waals surface area contributed by atoms with Crippen LogP contribution in [-0.4, -0.2) is 12.2 Å². The van der Waals surface area contributed by atoms with Crippen molar-refractivity contribution in [1.82, 2.24) is 0 Å². The lowest BCUT2D eigenvalue weighted by atomic mass is 10.0. The summed E-state index contributed by atoms with van der Waals surface area (Å²) >= 11 is 5.94. The molecule has 1 amide bonds. The third-order valence-electron chi connectivity index (χ3n) is 2.27. The second kappa shape index (κ2) is 4.45. The van der Waals surface area contributed by atoms with Crippen LogP contribution in [0.15, 0.2) is 6.07 Å². The van der Waals surface area contributed by atoms with E-state index in [1.165, 1.54) is 6.92 Å². The predicted molar refractivity (Wildman–Crippen MR) is 60.6 cm³/mol. The third-order valence-corrected chi connectivity index (χ3v) is 2.66. The minimum Gasteiger partial charge on any atom is -0.326 e. The maximum atomic E-state index is 10.9. The Morgan fingerprint density at radius 1 is 1.40 bits per heavy atom. The Bertz CT molecular complexity index is 427. The van der Waals surface area contributed by atoms with E-state index in [0.29, 0.717) is 16.3 Å². The maximum absolute atomic E-state index is 10.9. The molecule has 0 unspecified atom stereocenters. The third kappa shape index (κ3) is 2.36. The van der Waals surface area contributed by atoms with Crippen LogP contribution in [0.5, 0.6) is 0 Å². The number of rotatable bonds is 2. The molecule has 0 heterocycles. The highest BCUT2D eigenvalue weighted by Gasteiger charge is 2.11. The van der Waals surface area contributed by atoms with Gasteiger partial charge in [-0.05, 0) is 31.0 Å². The van der Waals surface area contributed by atoms with Crippen molar-refractivity contribution in [2.75, 3.05) is 5.32 Å². The highest BCUT2D eigenvalue weighted by Crippen LogP contribution is 2.28. The maximum Gasteiger partial charge on any atom is 0.221 e. The van der Waals surface area contributed by atoms with Gasteiger partial charge in [-0.1, -0.05) is 11.6 Å². The Labute approximate surface area is 93.4 Å². The lowest BCUT2D eigenvalue weighted by Gasteiger charge is -2.12. The van der Waals surface area contributed by atoms with Gasteiger partial charge in [-0.2, -0.15) is 0 Å². The molecule has 0 bridgehead atoms. The molecule has 0 aliphatic heterocycles. The van der Waals surface area contributed by atoms with Crippen LogP contribution in [0.3, 0.4) is 0 Å². The Kier molecular flexibility index (Phi) is 3.48. The van der Waals surface area contributed by atoms with Gasteiger partial charge >= 0.3 is 0 Å². The average molecular weight is 226 g/mol. The number of carbonyl (C=O) groups excluding carboxylic acids is 2. The van der Waals surface area contributed by atoms with Crippen LogP contribution in [0.4, 0.5) is 5.69 Å². The van der Waals surface area contributed by atoms with Gasteiger partial charge in [0.1, 0.15) is 0 Å². The van der Waals surface area contributed by atoms with Gasteiger partial charge < -0.3 is 5.32 Å². The van der Waals surface area contributed by atoms with Crippen LogP contribution in [0.2, 0.25) is 5.02 Å². The lowest BCUT2D eigenvalue weighted by molar-refractivity contribution is -0.114. The van der Waals surface area contributed by atoms with Crippen LogP contribution in [0.25, 0.3) is 0 Å². The lowest BCUT2D eigenvalue weighted by Crippen LogP contribution is -2.09. The normalized spacial score (nSPS) is 9.87. The first-order chi connectivity index (χ1) is 6.97. The van der Waals surface area contributed by atoms with E-state index in [9.17, 15) is 9.59 Å². The van der Waals surface area contributed by atoms with Gasteiger partial charge in [-0.15, -0.1) is 0 Å². The number of nitrogens with one attached hydrogen (secondary N) is 1. The number of amides is 1. The van der Waals surface area contributed by atoms with E-state index < -0.39 is 0 Å². The Balaban J connectivity index is 3.36. The van der Waals surface area contributed by atoms with Crippen LogP contribution < -0.4 is 5.32 Å². The van der Waals surface area contributed by atoms with Crippen molar-refractivity contribution in [3.63, 3.8) is 0 Å². The summed E-state index contributed by atoms with van der Waals surface area (Å²) in [6.07, 6.45) is 0.752. The highest BCUT2D eigenvalue weighted by atomic mass is 35.5. The average Bonchev–Trinajstić information content (AvgIpc) is 2.14. The fourth-order valence-corrected chi connectivity index (χ4v) is 1.61. The van der Waals surface area contributed by atoms with E-state index in [-0.39, 0.29) is 5.91 Å². The minimum atomic E-state index is -0.185. The van der Waals surface area contributed by atoms with Gasteiger partial charge in [0.15, 0.2) is 6.29 Å². The molecular weight excluding hydrogens is 214 g/mol. The standard InChI is InChI=1S/C11H12ClNO2/c1-6-9(5-14)7(2)11(4-10(6)12)13-8(3)15/h4-5H,1-3H3,(H,13,15). The Morgan fingerprint density at radius 2 is 2.00 bits per heavy atom. The largest absolute Gasteiger partial charge is 0.326 e. The van der Waals surface area contributed by atoms with E-state index >= 15 is 0 Å². The van der Waals surface area contributed by atoms with Crippen molar-refractivity contribution in [2.24, 2.45) is 0 Å². The zero-order valence-corrected chi connectivity index (χ0v) is 9.61. The summed E-state index contributed by atoms with van der Waals surface area (Å²) in [4.78, 5) is 21.8. The second-order valence-corrected chi connectivity index (χ2v) is 3.78. The van der Waals surface area contributed by atoms with Gasteiger partial charge in [-0.3, -0.25) is 9.59 Å². The summed E-state index contributed by atoms with van der Waals surface area (Å²) in [5.74, 6) is -0.185. The Morgan fingerprint density at radius 3 is 2.47 bits per heavy atom. The predicted octanol–water partition coefficient (Wildman–Crippen LogP) is 2.73. The summed E-state index contributed by atoms with van der Waals surface area (Å²) in [6.45, 7) is 4.96. The van der Waals surface area contributed by atoms with E-state index in [1.54, 1.807) is 19.9 Å². The zero-order chi connectivity index (χ0) is 11.6. The molecule has 0 aliphatic rings. The fraction of sp³-hybridized carbons (Fsp3) is 0.273. The minimum absolute atomic E-state index is 0.185. The van der Waals surface area contributed by atoms with Crippen molar-refractivity contribution in [3.05, 3.63) is 27.8 Å². The molecule has 4 heteroatoms. The molecule has 0 aliphatic carbocycles. The van der Waals surface area contributed by atoms with E-state index in [2.05, 4.69) is 5.32 Å².